The molecule has 1 atom stereocenters. The zero-order valence-corrected chi connectivity index (χ0v) is 10.2. The molecule has 1 aliphatic heterocycles. The first-order valence-electron chi connectivity index (χ1n) is 5.63. The summed E-state index contributed by atoms with van der Waals surface area (Å²) in [5, 5.41) is 8.97. The normalized spacial score (nSPS) is 22.8. The average molecular weight is 231 g/mol. The van der Waals surface area contributed by atoms with Gasteiger partial charge in [-0.05, 0) is 27.2 Å². The summed E-state index contributed by atoms with van der Waals surface area (Å²) in [4.78, 5) is 13.4. The lowest BCUT2D eigenvalue weighted by Crippen LogP contribution is -2.38. The van der Waals surface area contributed by atoms with E-state index in [1.807, 2.05) is 20.8 Å². The third kappa shape index (κ3) is 4.37. The van der Waals surface area contributed by atoms with Crippen LogP contribution in [0.25, 0.3) is 0 Å². The van der Waals surface area contributed by atoms with E-state index in [2.05, 4.69) is 0 Å². The fourth-order valence-electron chi connectivity index (χ4n) is 1.48. The molecule has 94 valence electrons. The fraction of sp³-hybridized carbons (Fsp3) is 0.909. The van der Waals surface area contributed by atoms with E-state index in [-0.39, 0.29) is 18.8 Å². The highest BCUT2D eigenvalue weighted by Crippen LogP contribution is 2.12. The summed E-state index contributed by atoms with van der Waals surface area (Å²) in [5.74, 6) is 0. The van der Waals surface area contributed by atoms with Gasteiger partial charge in [0.25, 0.3) is 0 Å². The van der Waals surface area contributed by atoms with E-state index in [0.29, 0.717) is 26.1 Å². The molecule has 5 heteroatoms. The minimum absolute atomic E-state index is 0.00214. The van der Waals surface area contributed by atoms with Gasteiger partial charge in [0, 0.05) is 13.1 Å². The lowest BCUT2D eigenvalue weighted by atomic mass is 10.2. The smallest absolute Gasteiger partial charge is 0.410 e. The van der Waals surface area contributed by atoms with Gasteiger partial charge in [-0.3, -0.25) is 0 Å². The number of aliphatic hydroxyl groups is 1. The molecule has 0 spiro atoms. The molecule has 1 heterocycles. The number of nitrogens with zero attached hydrogens (tertiary/aromatic N) is 1. The van der Waals surface area contributed by atoms with Crippen molar-refractivity contribution in [3.05, 3.63) is 0 Å². The summed E-state index contributed by atoms with van der Waals surface area (Å²) in [7, 11) is 0. The van der Waals surface area contributed by atoms with Gasteiger partial charge >= 0.3 is 6.09 Å². The highest BCUT2D eigenvalue weighted by Gasteiger charge is 2.25. The van der Waals surface area contributed by atoms with Gasteiger partial charge in [-0.25, -0.2) is 4.79 Å². The van der Waals surface area contributed by atoms with Gasteiger partial charge in [0.15, 0.2) is 0 Å². The second kappa shape index (κ2) is 5.50. The number of hydrogen-bond acceptors (Lipinski definition) is 4. The maximum absolute atomic E-state index is 11.7. The first kappa shape index (κ1) is 13.3. The molecule has 0 bridgehead atoms. The highest BCUT2D eigenvalue weighted by molar-refractivity contribution is 5.68. The van der Waals surface area contributed by atoms with E-state index in [1.165, 1.54) is 0 Å². The van der Waals surface area contributed by atoms with Gasteiger partial charge in [0.05, 0.1) is 19.3 Å². The van der Waals surface area contributed by atoms with Crippen LogP contribution >= 0.6 is 0 Å². The molecule has 0 aliphatic carbocycles. The molecule has 5 nitrogen and oxygen atoms in total. The second-order valence-electron chi connectivity index (χ2n) is 4.93. The lowest BCUT2D eigenvalue weighted by Gasteiger charge is -2.25. The first-order chi connectivity index (χ1) is 7.42. The number of hydrogen-bond donors (Lipinski definition) is 1. The summed E-state index contributed by atoms with van der Waals surface area (Å²) < 4.78 is 10.6. The third-order valence-corrected chi connectivity index (χ3v) is 2.29. The zero-order valence-electron chi connectivity index (χ0n) is 10.2. The Hall–Kier alpha value is -0.810. The molecule has 0 saturated carbocycles. The molecule has 1 saturated heterocycles. The van der Waals surface area contributed by atoms with Crippen molar-refractivity contribution in [1.29, 1.82) is 0 Å². The number of ether oxygens (including phenoxy) is 2. The largest absolute Gasteiger partial charge is 0.444 e. The summed E-state index contributed by atoms with van der Waals surface area (Å²) >= 11 is 0. The van der Waals surface area contributed by atoms with Crippen molar-refractivity contribution in [3.8, 4) is 0 Å². The fourth-order valence-corrected chi connectivity index (χ4v) is 1.48. The molecule has 16 heavy (non-hydrogen) atoms. The average Bonchev–Trinajstić information content (AvgIpc) is 2.39. The van der Waals surface area contributed by atoms with Gasteiger partial charge in [-0.15, -0.1) is 0 Å². The molecule has 0 radical (unpaired) electrons. The van der Waals surface area contributed by atoms with Gasteiger partial charge in [0.2, 0.25) is 0 Å². The Bertz CT molecular complexity index is 237. The summed E-state index contributed by atoms with van der Waals surface area (Å²) in [6, 6.07) is 0. The van der Waals surface area contributed by atoms with Crippen LogP contribution in [0.2, 0.25) is 0 Å². The number of carbonyl (C=O) groups excluding carboxylic acids is 1. The number of rotatable bonds is 1. The molecule has 0 aromatic heterocycles. The minimum Gasteiger partial charge on any atom is -0.444 e. The molecule has 1 rings (SSSR count). The molecule has 1 fully saturated rings. The van der Waals surface area contributed by atoms with E-state index in [4.69, 9.17) is 14.6 Å². The molecule has 1 amide bonds. The first-order valence-corrected chi connectivity index (χ1v) is 5.63. The van der Waals surface area contributed by atoms with Crippen LogP contribution in [-0.4, -0.2) is 54.1 Å². The van der Waals surface area contributed by atoms with Crippen LogP contribution in [0.3, 0.4) is 0 Å². The maximum Gasteiger partial charge on any atom is 0.410 e. The van der Waals surface area contributed by atoms with Crippen molar-refractivity contribution >= 4 is 6.09 Å². The summed E-state index contributed by atoms with van der Waals surface area (Å²) in [5.41, 5.74) is -0.472. The van der Waals surface area contributed by atoms with Crippen LogP contribution in [0.4, 0.5) is 4.79 Å². The molecule has 1 N–H and O–H groups in total. The van der Waals surface area contributed by atoms with Crippen LogP contribution in [0, 0.1) is 0 Å². The van der Waals surface area contributed by atoms with Crippen LogP contribution in [0.5, 0.6) is 0 Å². The molecule has 0 aromatic carbocycles. The topological polar surface area (TPSA) is 59.0 Å². The maximum atomic E-state index is 11.7. The van der Waals surface area contributed by atoms with Gasteiger partial charge in [-0.2, -0.15) is 0 Å². The van der Waals surface area contributed by atoms with Gasteiger partial charge in [0.1, 0.15) is 5.60 Å². The van der Waals surface area contributed by atoms with E-state index in [9.17, 15) is 4.79 Å². The molecule has 1 unspecified atom stereocenters. The van der Waals surface area contributed by atoms with Crippen molar-refractivity contribution in [1.82, 2.24) is 4.90 Å². The van der Waals surface area contributed by atoms with E-state index in [0.717, 1.165) is 0 Å². The van der Waals surface area contributed by atoms with Crippen molar-refractivity contribution < 1.29 is 19.4 Å². The Balaban J connectivity index is 2.45. The van der Waals surface area contributed by atoms with Crippen LogP contribution in [0.1, 0.15) is 27.2 Å². The lowest BCUT2D eigenvalue weighted by molar-refractivity contribution is 0.0157. The Morgan fingerprint density at radius 3 is 2.75 bits per heavy atom. The van der Waals surface area contributed by atoms with Gasteiger partial charge < -0.3 is 19.5 Å². The molecular formula is C11H21NO4. The van der Waals surface area contributed by atoms with Crippen LogP contribution in [0.15, 0.2) is 0 Å². The van der Waals surface area contributed by atoms with E-state index >= 15 is 0 Å². The zero-order chi connectivity index (χ0) is 12.2. The second-order valence-corrected chi connectivity index (χ2v) is 4.93. The van der Waals surface area contributed by atoms with Crippen molar-refractivity contribution in [2.24, 2.45) is 0 Å². The van der Waals surface area contributed by atoms with Crippen molar-refractivity contribution in [2.75, 3.05) is 26.3 Å². The Morgan fingerprint density at radius 2 is 2.19 bits per heavy atom. The quantitative estimate of drug-likeness (QED) is 0.731. The van der Waals surface area contributed by atoms with Crippen LogP contribution in [-0.2, 0) is 9.47 Å². The monoisotopic (exact) mass is 231 g/mol. The minimum atomic E-state index is -0.472. The highest BCUT2D eigenvalue weighted by atomic mass is 16.6. The standard InChI is InChI=1S/C11H21NO4/c1-11(2,3)16-10(14)12-5-4-9(8-13)15-7-6-12/h9,13H,4-8H2,1-3H3. The SMILES string of the molecule is CC(C)(C)OC(=O)N1CCOC(CO)CC1. The van der Waals surface area contributed by atoms with Gasteiger partial charge in [-0.1, -0.05) is 0 Å². The number of carbonyl (C=O) groups is 1. The number of aliphatic hydroxyl groups excluding tert-OH is 1. The van der Waals surface area contributed by atoms with E-state index < -0.39 is 5.60 Å². The Morgan fingerprint density at radius 1 is 1.50 bits per heavy atom. The molecular weight excluding hydrogens is 210 g/mol. The van der Waals surface area contributed by atoms with E-state index in [1.54, 1.807) is 4.90 Å². The van der Waals surface area contributed by atoms with Crippen molar-refractivity contribution in [3.63, 3.8) is 0 Å². The summed E-state index contributed by atoms with van der Waals surface area (Å²) in [6.07, 6.45) is 0.178. The Labute approximate surface area is 96.3 Å². The van der Waals surface area contributed by atoms with Crippen LogP contribution < -0.4 is 0 Å². The summed E-state index contributed by atoms with van der Waals surface area (Å²) in [6.45, 7) is 7.07. The predicted molar refractivity (Wildman–Crippen MR) is 59.2 cm³/mol. The Kier molecular flexibility index (Phi) is 4.56. The third-order valence-electron chi connectivity index (χ3n) is 2.29. The molecule has 0 aromatic rings. The number of amides is 1. The predicted octanol–water partition coefficient (Wildman–Crippen LogP) is 1.00. The van der Waals surface area contributed by atoms with Crippen molar-refractivity contribution in [2.45, 2.75) is 38.9 Å². The molecule has 1 aliphatic rings.